The molecule has 1 atom stereocenters. The standard InChI is InChI=1S/C34H43N5O8/c1-24-5-7-25(8-6-24)23-37-13-15-38(16-14-37)30(41)11-17-45-19-21-47-22-20-46-18-12-35-27-4-2-3-26-31(27)34(44)39(33(26)43)28-9-10-29(40)36-32(28)42/h2-8,28,35H,9-23H2,1H3,(H,36,40,42). The van der Waals surface area contributed by atoms with Crippen LogP contribution in [0.2, 0.25) is 0 Å². The van der Waals surface area contributed by atoms with Crippen LogP contribution >= 0.6 is 0 Å². The summed E-state index contributed by atoms with van der Waals surface area (Å²) in [4.78, 5) is 67.7. The molecule has 2 saturated heterocycles. The minimum absolute atomic E-state index is 0.0678. The summed E-state index contributed by atoms with van der Waals surface area (Å²) in [5, 5.41) is 5.33. The quantitative estimate of drug-likeness (QED) is 0.203. The molecule has 252 valence electrons. The summed E-state index contributed by atoms with van der Waals surface area (Å²) in [7, 11) is 0. The van der Waals surface area contributed by atoms with Crippen LogP contribution in [-0.2, 0) is 35.1 Å². The highest BCUT2D eigenvalue weighted by molar-refractivity contribution is 6.25. The lowest BCUT2D eigenvalue weighted by atomic mass is 10.0. The Balaban J connectivity index is 0.886. The van der Waals surface area contributed by atoms with Gasteiger partial charge >= 0.3 is 0 Å². The second kappa shape index (κ2) is 16.6. The van der Waals surface area contributed by atoms with Gasteiger partial charge in [0.1, 0.15) is 6.04 Å². The van der Waals surface area contributed by atoms with Crippen LogP contribution < -0.4 is 10.6 Å². The number of rotatable bonds is 16. The second-order valence-electron chi connectivity index (χ2n) is 11.8. The Morgan fingerprint density at radius 1 is 0.851 bits per heavy atom. The van der Waals surface area contributed by atoms with Crippen molar-refractivity contribution in [3.05, 3.63) is 64.7 Å². The molecule has 5 amide bonds. The van der Waals surface area contributed by atoms with Gasteiger partial charge in [0.05, 0.1) is 57.2 Å². The van der Waals surface area contributed by atoms with Crippen LogP contribution in [0, 0.1) is 6.92 Å². The number of piperidine rings is 1. The van der Waals surface area contributed by atoms with Crippen molar-refractivity contribution in [2.75, 3.05) is 77.7 Å². The Bertz CT molecular complexity index is 1440. The number of fused-ring (bicyclic) bond motifs is 1. The topological polar surface area (TPSA) is 147 Å². The fourth-order valence-corrected chi connectivity index (χ4v) is 5.89. The van der Waals surface area contributed by atoms with Crippen LogP contribution in [0.5, 0.6) is 0 Å². The zero-order chi connectivity index (χ0) is 33.2. The van der Waals surface area contributed by atoms with Crippen molar-refractivity contribution in [3.63, 3.8) is 0 Å². The minimum Gasteiger partial charge on any atom is -0.382 e. The summed E-state index contributed by atoms with van der Waals surface area (Å²) >= 11 is 0. The molecule has 0 spiro atoms. The van der Waals surface area contributed by atoms with E-state index in [0.29, 0.717) is 58.3 Å². The third-order valence-corrected chi connectivity index (χ3v) is 8.49. The summed E-state index contributed by atoms with van der Waals surface area (Å²) in [5.74, 6) is -2.04. The summed E-state index contributed by atoms with van der Waals surface area (Å²) in [6, 6.07) is 12.5. The van der Waals surface area contributed by atoms with Crippen molar-refractivity contribution >= 4 is 35.2 Å². The van der Waals surface area contributed by atoms with E-state index < -0.39 is 29.7 Å². The Morgan fingerprint density at radius 2 is 1.53 bits per heavy atom. The molecule has 47 heavy (non-hydrogen) atoms. The van der Waals surface area contributed by atoms with Gasteiger partial charge in [-0.15, -0.1) is 0 Å². The van der Waals surface area contributed by atoms with Gasteiger partial charge in [-0.2, -0.15) is 0 Å². The smallest absolute Gasteiger partial charge is 0.264 e. The van der Waals surface area contributed by atoms with Crippen molar-refractivity contribution in [1.82, 2.24) is 20.0 Å². The highest BCUT2D eigenvalue weighted by Gasteiger charge is 2.45. The molecule has 0 aliphatic carbocycles. The molecule has 3 aliphatic heterocycles. The molecule has 0 aromatic heterocycles. The molecule has 5 rings (SSSR count). The van der Waals surface area contributed by atoms with E-state index in [1.807, 2.05) is 4.90 Å². The average Bonchev–Trinajstić information content (AvgIpc) is 3.32. The molecular weight excluding hydrogens is 606 g/mol. The third kappa shape index (κ3) is 9.01. The highest BCUT2D eigenvalue weighted by atomic mass is 16.5. The van der Waals surface area contributed by atoms with Gasteiger partial charge < -0.3 is 24.4 Å². The molecule has 3 heterocycles. The molecule has 0 saturated carbocycles. The Morgan fingerprint density at radius 3 is 2.23 bits per heavy atom. The van der Waals surface area contributed by atoms with E-state index in [9.17, 15) is 24.0 Å². The van der Waals surface area contributed by atoms with Crippen LogP contribution in [0.1, 0.15) is 51.1 Å². The monoisotopic (exact) mass is 649 g/mol. The molecule has 3 aliphatic rings. The molecule has 1 unspecified atom stereocenters. The van der Waals surface area contributed by atoms with Gasteiger partial charge in [-0.05, 0) is 31.0 Å². The number of ether oxygens (including phenoxy) is 3. The number of amides is 5. The molecule has 0 bridgehead atoms. The van der Waals surface area contributed by atoms with Gasteiger partial charge in [-0.25, -0.2) is 0 Å². The molecule has 2 aromatic rings. The maximum atomic E-state index is 13.2. The van der Waals surface area contributed by atoms with Crippen molar-refractivity contribution in [3.8, 4) is 0 Å². The third-order valence-electron chi connectivity index (χ3n) is 8.49. The van der Waals surface area contributed by atoms with Gasteiger partial charge in [0.2, 0.25) is 17.7 Å². The first-order chi connectivity index (χ1) is 22.8. The Hall–Kier alpha value is -4.17. The highest BCUT2D eigenvalue weighted by Crippen LogP contribution is 2.32. The number of carbonyl (C=O) groups is 5. The summed E-state index contributed by atoms with van der Waals surface area (Å²) in [5.41, 5.74) is 3.46. The van der Waals surface area contributed by atoms with Gasteiger partial charge in [0.15, 0.2) is 0 Å². The van der Waals surface area contributed by atoms with Gasteiger partial charge in [0.25, 0.3) is 11.8 Å². The fraction of sp³-hybridized carbons (Fsp3) is 0.500. The first-order valence-electron chi connectivity index (χ1n) is 16.2. The Labute approximate surface area is 274 Å². The van der Waals surface area contributed by atoms with E-state index in [4.69, 9.17) is 14.2 Å². The van der Waals surface area contributed by atoms with Crippen molar-refractivity contribution in [2.45, 2.75) is 38.8 Å². The predicted molar refractivity (Wildman–Crippen MR) is 172 cm³/mol. The summed E-state index contributed by atoms with van der Waals surface area (Å²) in [6.45, 7) is 8.80. The zero-order valence-corrected chi connectivity index (χ0v) is 26.8. The van der Waals surface area contributed by atoms with Gasteiger partial charge in [-0.1, -0.05) is 35.9 Å². The lowest BCUT2D eigenvalue weighted by Gasteiger charge is -2.34. The molecule has 2 fully saturated rings. The Kier molecular flexibility index (Phi) is 12.1. The van der Waals surface area contributed by atoms with Crippen molar-refractivity contribution in [1.29, 1.82) is 0 Å². The number of nitrogens with zero attached hydrogens (tertiary/aromatic N) is 3. The summed E-state index contributed by atoms with van der Waals surface area (Å²) < 4.78 is 16.7. The van der Waals surface area contributed by atoms with Crippen LogP contribution in [0.4, 0.5) is 5.69 Å². The molecule has 2 aromatic carbocycles. The van der Waals surface area contributed by atoms with E-state index in [0.717, 1.165) is 37.6 Å². The number of imide groups is 2. The van der Waals surface area contributed by atoms with Crippen LogP contribution in [-0.4, -0.2) is 123 Å². The van der Waals surface area contributed by atoms with E-state index in [2.05, 4.69) is 46.7 Å². The number of benzene rings is 2. The average molecular weight is 650 g/mol. The van der Waals surface area contributed by atoms with E-state index in [1.165, 1.54) is 11.1 Å². The minimum atomic E-state index is -1.01. The molecular formula is C34H43N5O8. The van der Waals surface area contributed by atoms with Gasteiger partial charge in [0, 0.05) is 51.4 Å². The largest absolute Gasteiger partial charge is 0.382 e. The maximum absolute atomic E-state index is 13.2. The fourth-order valence-electron chi connectivity index (χ4n) is 5.89. The normalized spacial score (nSPS) is 18.4. The van der Waals surface area contributed by atoms with Gasteiger partial charge in [-0.3, -0.25) is 39.1 Å². The number of carbonyl (C=O) groups excluding carboxylic acids is 5. The lowest BCUT2D eigenvalue weighted by molar-refractivity contribution is -0.136. The maximum Gasteiger partial charge on any atom is 0.264 e. The molecule has 13 heteroatoms. The number of aryl methyl sites for hydroxylation is 1. The molecule has 2 N–H and O–H groups in total. The van der Waals surface area contributed by atoms with Crippen LogP contribution in [0.25, 0.3) is 0 Å². The van der Waals surface area contributed by atoms with E-state index >= 15 is 0 Å². The van der Waals surface area contributed by atoms with Crippen LogP contribution in [0.15, 0.2) is 42.5 Å². The number of piperazine rings is 1. The molecule has 13 nitrogen and oxygen atoms in total. The number of hydrogen-bond acceptors (Lipinski definition) is 10. The molecule has 0 radical (unpaired) electrons. The first kappa shape index (κ1) is 34.2. The van der Waals surface area contributed by atoms with Crippen LogP contribution in [0.3, 0.4) is 0 Å². The first-order valence-corrected chi connectivity index (χ1v) is 16.2. The predicted octanol–water partition coefficient (Wildman–Crippen LogP) is 1.59. The number of nitrogens with one attached hydrogen (secondary N) is 2. The number of anilines is 1. The number of hydrogen-bond donors (Lipinski definition) is 2. The SMILES string of the molecule is Cc1ccc(CN2CCN(C(=O)CCOCCOCCOCCNc3cccc4c3C(=O)N(C3CCC(=O)NC3=O)C4=O)CC2)cc1. The summed E-state index contributed by atoms with van der Waals surface area (Å²) in [6.07, 6.45) is 0.528. The van der Waals surface area contributed by atoms with Crippen molar-refractivity contribution < 1.29 is 38.2 Å². The lowest BCUT2D eigenvalue weighted by Crippen LogP contribution is -2.54. The second-order valence-corrected chi connectivity index (χ2v) is 11.8. The van der Waals surface area contributed by atoms with E-state index in [1.54, 1.807) is 18.2 Å². The zero-order valence-electron chi connectivity index (χ0n) is 26.8. The van der Waals surface area contributed by atoms with E-state index in [-0.39, 0.29) is 29.9 Å². The van der Waals surface area contributed by atoms with Crippen molar-refractivity contribution in [2.24, 2.45) is 0 Å².